The molecule has 6 nitrogen and oxygen atoms in total. The van der Waals surface area contributed by atoms with Crippen LogP contribution >= 0.6 is 0 Å². The van der Waals surface area contributed by atoms with Gasteiger partial charge >= 0.3 is 0 Å². The summed E-state index contributed by atoms with van der Waals surface area (Å²) >= 11 is 0. The monoisotopic (exact) mass is 431 g/mol. The summed E-state index contributed by atoms with van der Waals surface area (Å²) in [5.74, 6) is -0.483. The van der Waals surface area contributed by atoms with Crippen LogP contribution < -0.4 is 0 Å². The molecule has 0 N–H and O–H groups in total. The van der Waals surface area contributed by atoms with Gasteiger partial charge in [0.1, 0.15) is 0 Å². The molecule has 3 aliphatic rings. The minimum absolute atomic E-state index is 0.0483. The predicted molar refractivity (Wildman–Crippen MR) is 121 cm³/mol. The molecular formula is C26H29N3O3. The van der Waals surface area contributed by atoms with E-state index in [0.717, 1.165) is 31.5 Å². The van der Waals surface area contributed by atoms with Gasteiger partial charge in [0.05, 0.1) is 11.5 Å². The lowest BCUT2D eigenvalue weighted by Crippen LogP contribution is -2.78. The molecule has 2 aromatic rings. The Morgan fingerprint density at radius 3 is 2.19 bits per heavy atom. The SMILES string of the molecule is CC(C)N1C(=O)c2ccccc2C(C(=O)N2CCCC2)C12CN(C(=O)c1ccccc1)C2. The lowest BCUT2D eigenvalue weighted by molar-refractivity contribution is -0.141. The number of rotatable bonds is 3. The number of carbonyl (C=O) groups excluding carboxylic acids is 3. The van der Waals surface area contributed by atoms with E-state index in [4.69, 9.17) is 0 Å². The first-order chi connectivity index (χ1) is 15.4. The zero-order valence-electron chi connectivity index (χ0n) is 18.7. The molecule has 0 aromatic heterocycles. The summed E-state index contributed by atoms with van der Waals surface area (Å²) in [4.78, 5) is 46.2. The molecule has 3 amide bonds. The Hall–Kier alpha value is -3.15. The van der Waals surface area contributed by atoms with Crippen LogP contribution in [0.4, 0.5) is 0 Å². The van der Waals surface area contributed by atoms with Gasteiger partial charge < -0.3 is 14.7 Å². The standard InChI is InChI=1S/C26H29N3O3/c1-18(2)29-24(31)21-13-7-6-12-20(21)22(25(32)27-14-8-9-15-27)26(29)16-28(17-26)23(30)19-10-4-3-5-11-19/h3-7,10-13,18,22H,8-9,14-17H2,1-2H3. The van der Waals surface area contributed by atoms with E-state index in [1.165, 1.54) is 0 Å². The fraction of sp³-hybridized carbons (Fsp3) is 0.423. The number of nitrogens with zero attached hydrogens (tertiary/aromatic N) is 3. The molecule has 1 spiro atoms. The Balaban J connectivity index is 1.57. The largest absolute Gasteiger partial charge is 0.342 e. The Labute approximate surface area is 188 Å². The number of hydrogen-bond acceptors (Lipinski definition) is 3. The van der Waals surface area contributed by atoms with Gasteiger partial charge in [-0.2, -0.15) is 0 Å². The van der Waals surface area contributed by atoms with Crippen LogP contribution in [0.3, 0.4) is 0 Å². The fourth-order valence-corrected chi connectivity index (χ4v) is 5.79. The van der Waals surface area contributed by atoms with Crippen molar-refractivity contribution in [1.82, 2.24) is 14.7 Å². The van der Waals surface area contributed by atoms with Crippen molar-refractivity contribution in [2.75, 3.05) is 26.2 Å². The highest BCUT2D eigenvalue weighted by molar-refractivity contribution is 6.03. The van der Waals surface area contributed by atoms with Crippen LogP contribution in [0.5, 0.6) is 0 Å². The molecule has 32 heavy (non-hydrogen) atoms. The van der Waals surface area contributed by atoms with E-state index < -0.39 is 11.5 Å². The second-order valence-electron chi connectivity index (χ2n) is 9.45. The van der Waals surface area contributed by atoms with Gasteiger partial charge in [-0.1, -0.05) is 36.4 Å². The lowest BCUT2D eigenvalue weighted by Gasteiger charge is -2.62. The van der Waals surface area contributed by atoms with E-state index in [2.05, 4.69) is 0 Å². The second kappa shape index (κ2) is 7.76. The van der Waals surface area contributed by atoms with Crippen molar-refractivity contribution < 1.29 is 14.4 Å². The highest BCUT2D eigenvalue weighted by Gasteiger charge is 2.62. The van der Waals surface area contributed by atoms with Gasteiger partial charge in [0.25, 0.3) is 11.8 Å². The molecule has 2 fully saturated rings. The Bertz CT molecular complexity index is 1050. The minimum atomic E-state index is -0.719. The van der Waals surface area contributed by atoms with Gasteiger partial charge in [-0.15, -0.1) is 0 Å². The number of likely N-dealkylation sites (tertiary alicyclic amines) is 2. The van der Waals surface area contributed by atoms with E-state index >= 15 is 0 Å². The third kappa shape index (κ3) is 3.04. The molecular weight excluding hydrogens is 402 g/mol. The molecule has 166 valence electrons. The molecule has 0 saturated carbocycles. The maximum Gasteiger partial charge on any atom is 0.255 e. The van der Waals surface area contributed by atoms with Crippen molar-refractivity contribution in [3.8, 4) is 0 Å². The van der Waals surface area contributed by atoms with Crippen LogP contribution in [0.15, 0.2) is 54.6 Å². The molecule has 0 bridgehead atoms. The summed E-state index contributed by atoms with van der Waals surface area (Å²) in [7, 11) is 0. The van der Waals surface area contributed by atoms with Crippen LogP contribution in [-0.4, -0.2) is 70.2 Å². The quantitative estimate of drug-likeness (QED) is 0.750. The van der Waals surface area contributed by atoms with Crippen molar-refractivity contribution in [3.05, 3.63) is 71.3 Å². The van der Waals surface area contributed by atoms with Crippen LogP contribution in [-0.2, 0) is 4.79 Å². The van der Waals surface area contributed by atoms with Gasteiger partial charge in [-0.25, -0.2) is 0 Å². The number of carbonyl (C=O) groups is 3. The summed E-state index contributed by atoms with van der Waals surface area (Å²) in [5, 5.41) is 0. The maximum atomic E-state index is 13.9. The molecule has 1 unspecified atom stereocenters. The fourth-order valence-electron chi connectivity index (χ4n) is 5.79. The maximum absolute atomic E-state index is 13.9. The van der Waals surface area contributed by atoms with Crippen molar-refractivity contribution in [3.63, 3.8) is 0 Å². The van der Waals surface area contributed by atoms with Crippen LogP contribution in [0.1, 0.15) is 58.9 Å². The number of fused-ring (bicyclic) bond motifs is 1. The van der Waals surface area contributed by atoms with Crippen LogP contribution in [0.2, 0.25) is 0 Å². The molecule has 1 atom stereocenters. The zero-order valence-corrected chi connectivity index (χ0v) is 18.7. The van der Waals surface area contributed by atoms with Gasteiger partial charge in [-0.05, 0) is 50.5 Å². The first-order valence-corrected chi connectivity index (χ1v) is 11.5. The second-order valence-corrected chi connectivity index (χ2v) is 9.45. The molecule has 5 rings (SSSR count). The van der Waals surface area contributed by atoms with E-state index in [0.29, 0.717) is 24.2 Å². The molecule has 0 aliphatic carbocycles. The average molecular weight is 432 g/mol. The van der Waals surface area contributed by atoms with E-state index in [-0.39, 0.29) is 23.8 Å². The molecule has 3 heterocycles. The first-order valence-electron chi connectivity index (χ1n) is 11.5. The van der Waals surface area contributed by atoms with E-state index in [9.17, 15) is 14.4 Å². The van der Waals surface area contributed by atoms with Crippen molar-refractivity contribution in [2.45, 2.75) is 44.2 Å². The Kier molecular flexibility index (Phi) is 5.03. The Morgan fingerprint density at radius 2 is 1.53 bits per heavy atom. The van der Waals surface area contributed by atoms with E-state index in [1.807, 2.05) is 78.2 Å². The third-order valence-corrected chi connectivity index (χ3v) is 7.16. The highest BCUT2D eigenvalue weighted by Crippen LogP contribution is 2.48. The van der Waals surface area contributed by atoms with E-state index in [1.54, 1.807) is 4.90 Å². The smallest absolute Gasteiger partial charge is 0.255 e. The van der Waals surface area contributed by atoms with Gasteiger partial charge in [0.15, 0.2) is 0 Å². The van der Waals surface area contributed by atoms with Crippen molar-refractivity contribution >= 4 is 17.7 Å². The topological polar surface area (TPSA) is 60.9 Å². The molecule has 6 heteroatoms. The van der Waals surface area contributed by atoms with Crippen molar-refractivity contribution in [2.24, 2.45) is 0 Å². The van der Waals surface area contributed by atoms with Gasteiger partial charge in [0.2, 0.25) is 5.91 Å². The summed E-state index contributed by atoms with van der Waals surface area (Å²) in [6, 6.07) is 16.6. The zero-order chi connectivity index (χ0) is 22.5. The molecule has 3 aliphatic heterocycles. The highest BCUT2D eigenvalue weighted by atomic mass is 16.2. The lowest BCUT2D eigenvalue weighted by atomic mass is 9.67. The van der Waals surface area contributed by atoms with Crippen LogP contribution in [0, 0.1) is 0 Å². The van der Waals surface area contributed by atoms with Gasteiger partial charge in [-0.3, -0.25) is 14.4 Å². The number of hydrogen-bond donors (Lipinski definition) is 0. The summed E-state index contributed by atoms with van der Waals surface area (Å²) in [5.41, 5.74) is 1.32. The summed E-state index contributed by atoms with van der Waals surface area (Å²) < 4.78 is 0. The van der Waals surface area contributed by atoms with Crippen molar-refractivity contribution in [1.29, 1.82) is 0 Å². The summed E-state index contributed by atoms with van der Waals surface area (Å²) in [6.45, 7) is 6.23. The third-order valence-electron chi connectivity index (χ3n) is 7.16. The van der Waals surface area contributed by atoms with Gasteiger partial charge in [0, 0.05) is 43.3 Å². The minimum Gasteiger partial charge on any atom is -0.342 e. The predicted octanol–water partition coefficient (Wildman–Crippen LogP) is 3.15. The van der Waals surface area contributed by atoms with Crippen LogP contribution in [0.25, 0.3) is 0 Å². The molecule has 2 aromatic carbocycles. The Morgan fingerprint density at radius 1 is 0.906 bits per heavy atom. The molecule has 0 radical (unpaired) electrons. The normalized spacial score (nSPS) is 21.7. The first kappa shape index (κ1) is 20.7. The average Bonchev–Trinajstić information content (AvgIpc) is 3.32. The summed E-state index contributed by atoms with van der Waals surface area (Å²) in [6.07, 6.45) is 2.02. The molecule has 2 saturated heterocycles. The number of benzene rings is 2. The number of amides is 3.